The van der Waals surface area contributed by atoms with E-state index in [1.807, 2.05) is 47.4 Å². The second-order valence-electron chi connectivity index (χ2n) is 9.14. The number of benzene rings is 2. The Balaban J connectivity index is 1.57. The van der Waals surface area contributed by atoms with Crippen LogP contribution in [0.5, 0.6) is 5.75 Å². The zero-order chi connectivity index (χ0) is 28.9. The number of thiocarbonyl (C=S) groups is 1. The van der Waals surface area contributed by atoms with Gasteiger partial charge in [0.1, 0.15) is 29.9 Å². The van der Waals surface area contributed by atoms with Crippen molar-refractivity contribution < 1.29 is 28.2 Å². The summed E-state index contributed by atoms with van der Waals surface area (Å²) in [5, 5.41) is 6.68. The number of hydrogen-bond donors (Lipinski definition) is 2. The van der Waals surface area contributed by atoms with E-state index < -0.39 is 12.0 Å². The van der Waals surface area contributed by atoms with Gasteiger partial charge < -0.3 is 34.2 Å². The summed E-state index contributed by atoms with van der Waals surface area (Å²) in [6.07, 6.45) is 1.72. The van der Waals surface area contributed by atoms with E-state index in [0.717, 1.165) is 11.3 Å². The minimum absolute atomic E-state index is 0.103. The lowest BCUT2D eigenvalue weighted by atomic mass is 10.0. The third-order valence-corrected chi connectivity index (χ3v) is 6.91. The second kappa shape index (κ2) is 12.2. The highest BCUT2D eigenvalue weighted by Crippen LogP contribution is 2.44. The summed E-state index contributed by atoms with van der Waals surface area (Å²) < 4.78 is 21.7. The average molecular weight is 573 g/mol. The van der Waals surface area contributed by atoms with E-state index in [1.165, 1.54) is 21.3 Å². The third kappa shape index (κ3) is 5.76. The minimum atomic E-state index is -0.439. The van der Waals surface area contributed by atoms with Crippen LogP contribution in [-0.4, -0.2) is 49.9 Å². The number of aromatic nitrogens is 1. The molecule has 1 aliphatic heterocycles. The highest BCUT2D eigenvalue weighted by Gasteiger charge is 2.43. The van der Waals surface area contributed by atoms with Crippen molar-refractivity contribution in [2.75, 3.05) is 38.2 Å². The molecule has 5 rings (SSSR count). The standard InChI is InChI=1S/C30H28N4O6S/c1-37-17-26(35)32-22-16-20(10-11-24(22)38-2)34-28(27(33-30(34)41)21-9-4-5-14-31-21)25-13-12-23(40-25)18-7-6-8-19(15-18)29(36)39-3/h4-16,27-28H,17H2,1-3H3,(H,32,35)(H,33,41)/t27-,28-/m0/s1. The normalized spacial score (nSPS) is 16.3. The number of ether oxygens (including phenoxy) is 3. The molecule has 0 aliphatic carbocycles. The summed E-state index contributed by atoms with van der Waals surface area (Å²) in [5.41, 5.74) is 3.08. The van der Waals surface area contributed by atoms with Crippen molar-refractivity contribution in [3.63, 3.8) is 0 Å². The highest BCUT2D eigenvalue weighted by molar-refractivity contribution is 7.80. The molecular weight excluding hydrogens is 544 g/mol. The molecule has 2 aromatic carbocycles. The largest absolute Gasteiger partial charge is 0.495 e. The minimum Gasteiger partial charge on any atom is -0.495 e. The summed E-state index contributed by atoms with van der Waals surface area (Å²) in [5.74, 6) is 0.925. The smallest absolute Gasteiger partial charge is 0.337 e. The lowest BCUT2D eigenvalue weighted by molar-refractivity contribution is -0.119. The topological polar surface area (TPSA) is 115 Å². The first-order valence-electron chi connectivity index (χ1n) is 12.7. The summed E-state index contributed by atoms with van der Waals surface area (Å²) in [6, 6.07) is 21.1. The lowest BCUT2D eigenvalue weighted by Gasteiger charge is -2.27. The number of hydrogen-bond acceptors (Lipinski definition) is 8. The molecule has 1 saturated heterocycles. The van der Waals surface area contributed by atoms with Gasteiger partial charge in [0.25, 0.3) is 0 Å². The number of anilines is 2. The van der Waals surface area contributed by atoms with E-state index in [1.54, 1.807) is 36.5 Å². The molecule has 2 N–H and O–H groups in total. The maximum absolute atomic E-state index is 12.3. The van der Waals surface area contributed by atoms with Crippen LogP contribution in [0.1, 0.15) is 33.9 Å². The van der Waals surface area contributed by atoms with Crippen LogP contribution in [0.4, 0.5) is 11.4 Å². The molecule has 1 amide bonds. The van der Waals surface area contributed by atoms with Crippen molar-refractivity contribution >= 4 is 40.6 Å². The number of carbonyl (C=O) groups excluding carboxylic acids is 2. The van der Waals surface area contributed by atoms with E-state index in [-0.39, 0.29) is 18.6 Å². The first-order valence-corrected chi connectivity index (χ1v) is 13.1. The fourth-order valence-corrected chi connectivity index (χ4v) is 5.11. The third-order valence-electron chi connectivity index (χ3n) is 6.60. The Morgan fingerprint density at radius 1 is 1.05 bits per heavy atom. The summed E-state index contributed by atoms with van der Waals surface area (Å²) in [7, 11) is 4.33. The molecule has 1 fully saturated rings. The second-order valence-corrected chi connectivity index (χ2v) is 9.52. The number of nitrogens with one attached hydrogen (secondary N) is 2. The molecule has 0 spiro atoms. The van der Waals surface area contributed by atoms with Crippen molar-refractivity contribution in [2.45, 2.75) is 12.1 Å². The van der Waals surface area contributed by atoms with E-state index >= 15 is 0 Å². The van der Waals surface area contributed by atoms with Crippen LogP contribution in [-0.2, 0) is 14.3 Å². The van der Waals surface area contributed by atoms with Crippen LogP contribution in [0, 0.1) is 0 Å². The summed E-state index contributed by atoms with van der Waals surface area (Å²) in [6.45, 7) is -0.103. The van der Waals surface area contributed by atoms with Gasteiger partial charge in [0.05, 0.1) is 37.2 Å². The van der Waals surface area contributed by atoms with Crippen LogP contribution in [0.25, 0.3) is 11.3 Å². The molecule has 0 bridgehead atoms. The van der Waals surface area contributed by atoms with Crippen molar-refractivity contribution in [3.05, 3.63) is 96.0 Å². The predicted molar refractivity (Wildman–Crippen MR) is 157 cm³/mol. The van der Waals surface area contributed by atoms with Gasteiger partial charge in [-0.15, -0.1) is 0 Å². The van der Waals surface area contributed by atoms with Gasteiger partial charge in [-0.1, -0.05) is 18.2 Å². The number of nitrogens with zero attached hydrogens (tertiary/aromatic N) is 2. The first-order chi connectivity index (χ1) is 19.9. The van der Waals surface area contributed by atoms with Crippen molar-refractivity contribution in [2.24, 2.45) is 0 Å². The van der Waals surface area contributed by atoms with Crippen molar-refractivity contribution in [1.82, 2.24) is 10.3 Å². The fourth-order valence-electron chi connectivity index (χ4n) is 4.77. The lowest BCUT2D eigenvalue weighted by Crippen LogP contribution is -2.29. The number of carbonyl (C=O) groups is 2. The van der Waals surface area contributed by atoms with Gasteiger partial charge >= 0.3 is 5.97 Å². The quantitative estimate of drug-likeness (QED) is 0.212. The molecule has 2 aromatic heterocycles. The zero-order valence-electron chi connectivity index (χ0n) is 22.6. The summed E-state index contributed by atoms with van der Waals surface area (Å²) in [4.78, 5) is 30.9. The van der Waals surface area contributed by atoms with Gasteiger partial charge in [0.15, 0.2) is 5.11 Å². The number of rotatable bonds is 9. The van der Waals surface area contributed by atoms with Gasteiger partial charge in [0, 0.05) is 24.6 Å². The maximum Gasteiger partial charge on any atom is 0.337 e. The molecule has 3 heterocycles. The van der Waals surface area contributed by atoms with E-state index in [4.69, 9.17) is 30.8 Å². The molecule has 10 nitrogen and oxygen atoms in total. The van der Waals surface area contributed by atoms with Gasteiger partial charge in [0.2, 0.25) is 5.91 Å². The fraction of sp³-hybridized carbons (Fsp3) is 0.200. The number of pyridine rings is 1. The summed E-state index contributed by atoms with van der Waals surface area (Å²) >= 11 is 5.83. The SMILES string of the molecule is COCC(=O)Nc1cc(N2C(=S)N[C@@H](c3ccccn3)[C@@H]2c2ccc(-c3cccc(C(=O)OC)c3)o2)ccc1OC. The monoisotopic (exact) mass is 572 g/mol. The highest BCUT2D eigenvalue weighted by atomic mass is 32.1. The van der Waals surface area contributed by atoms with Crippen LogP contribution in [0.15, 0.2) is 83.4 Å². The Bertz CT molecular complexity index is 1570. The van der Waals surface area contributed by atoms with Gasteiger partial charge in [-0.3, -0.25) is 9.78 Å². The zero-order valence-corrected chi connectivity index (χ0v) is 23.4. The van der Waals surface area contributed by atoms with Crippen LogP contribution >= 0.6 is 12.2 Å². The number of esters is 1. The van der Waals surface area contributed by atoms with Crippen LogP contribution in [0.3, 0.4) is 0 Å². The molecule has 4 aromatic rings. The van der Waals surface area contributed by atoms with E-state index in [9.17, 15) is 9.59 Å². The molecular formula is C30H28N4O6S. The Hall–Kier alpha value is -4.74. The molecule has 2 atom stereocenters. The maximum atomic E-state index is 12.3. The van der Waals surface area contributed by atoms with Gasteiger partial charge in [-0.05, 0) is 66.8 Å². The Morgan fingerprint density at radius 3 is 2.63 bits per heavy atom. The Morgan fingerprint density at radius 2 is 1.90 bits per heavy atom. The molecule has 41 heavy (non-hydrogen) atoms. The number of furan rings is 1. The molecule has 0 radical (unpaired) electrons. The molecule has 1 aliphatic rings. The molecule has 11 heteroatoms. The molecule has 210 valence electrons. The van der Waals surface area contributed by atoms with Crippen LogP contribution in [0.2, 0.25) is 0 Å². The van der Waals surface area contributed by atoms with E-state index in [0.29, 0.717) is 39.3 Å². The Kier molecular flexibility index (Phi) is 8.27. The van der Waals surface area contributed by atoms with Crippen molar-refractivity contribution in [1.29, 1.82) is 0 Å². The van der Waals surface area contributed by atoms with Gasteiger partial charge in [-0.25, -0.2) is 4.79 Å². The van der Waals surface area contributed by atoms with Crippen LogP contribution < -0.4 is 20.3 Å². The Labute approximate surface area is 242 Å². The number of amides is 1. The van der Waals surface area contributed by atoms with Gasteiger partial charge in [-0.2, -0.15) is 0 Å². The predicted octanol–water partition coefficient (Wildman–Crippen LogP) is 4.90. The molecule has 0 saturated carbocycles. The van der Waals surface area contributed by atoms with Crippen molar-refractivity contribution in [3.8, 4) is 17.1 Å². The average Bonchev–Trinajstić information content (AvgIpc) is 3.62. The van der Waals surface area contributed by atoms with E-state index in [2.05, 4.69) is 15.6 Å². The molecule has 0 unspecified atom stereocenters. The number of methoxy groups -OCH3 is 3. The first kappa shape index (κ1) is 27.8.